The number of nitrogens with zero attached hydrogens (tertiary/aromatic N) is 2. The highest BCUT2D eigenvalue weighted by Crippen LogP contribution is 2.24. The normalized spacial score (nSPS) is 11.4. The molecule has 0 saturated carbocycles. The number of carboxylic acid groups (broad SMARTS) is 1. The quantitative estimate of drug-likeness (QED) is 0.777. The number of hydrogen-bond acceptors (Lipinski definition) is 3. The third-order valence-corrected chi connectivity index (χ3v) is 4.40. The summed E-state index contributed by atoms with van der Waals surface area (Å²) in [5, 5.41) is 10.8. The number of fused-ring (bicyclic) bond motifs is 1. The first-order valence-electron chi connectivity index (χ1n) is 7.29. The molecule has 0 aliphatic rings. The maximum absolute atomic E-state index is 10.9. The molecule has 0 atom stereocenters. The third kappa shape index (κ3) is 3.04. The first-order chi connectivity index (χ1) is 10.5. The maximum Gasteiger partial charge on any atom is 0.309 e. The van der Waals surface area contributed by atoms with Crippen LogP contribution < -0.4 is 0 Å². The lowest BCUT2D eigenvalue weighted by atomic mass is 10.0. The van der Waals surface area contributed by atoms with Gasteiger partial charge in [-0.05, 0) is 17.9 Å². The Hall–Kier alpha value is -2.14. The van der Waals surface area contributed by atoms with Crippen molar-refractivity contribution < 1.29 is 9.90 Å². The lowest BCUT2D eigenvalue weighted by Gasteiger charge is -2.05. The van der Waals surface area contributed by atoms with Crippen LogP contribution in [0.15, 0.2) is 35.8 Å². The van der Waals surface area contributed by atoms with Gasteiger partial charge in [-0.3, -0.25) is 9.20 Å². The van der Waals surface area contributed by atoms with Crippen LogP contribution in [0.3, 0.4) is 0 Å². The van der Waals surface area contributed by atoms with Gasteiger partial charge in [-0.25, -0.2) is 4.98 Å². The molecule has 0 unspecified atom stereocenters. The molecule has 0 fully saturated rings. The number of hydrogen-bond donors (Lipinski definition) is 1. The number of rotatable bonds is 5. The summed E-state index contributed by atoms with van der Waals surface area (Å²) in [4.78, 5) is 16.3. The van der Waals surface area contributed by atoms with Crippen LogP contribution in [0.4, 0.5) is 0 Å². The van der Waals surface area contributed by atoms with Gasteiger partial charge in [0.05, 0.1) is 12.1 Å². The molecule has 1 N–H and O–H groups in total. The zero-order valence-corrected chi connectivity index (χ0v) is 13.4. The topological polar surface area (TPSA) is 54.6 Å². The molecule has 0 aliphatic heterocycles. The van der Waals surface area contributed by atoms with Crippen LogP contribution in [0.1, 0.15) is 25.1 Å². The van der Waals surface area contributed by atoms with E-state index in [2.05, 4.69) is 43.1 Å². The van der Waals surface area contributed by atoms with Gasteiger partial charge in [0.2, 0.25) is 0 Å². The molecular formula is C17H18N2O2S. The summed E-state index contributed by atoms with van der Waals surface area (Å²) in [5.74, 6) is -0.185. The minimum absolute atomic E-state index is 0.0170. The first-order valence-corrected chi connectivity index (χ1v) is 8.17. The van der Waals surface area contributed by atoms with Crippen molar-refractivity contribution in [2.24, 2.45) is 5.92 Å². The van der Waals surface area contributed by atoms with Gasteiger partial charge in [0.1, 0.15) is 0 Å². The molecule has 22 heavy (non-hydrogen) atoms. The standard InChI is InChI=1S/C17H18N2O2S/c1-11(2)7-12-3-5-13(6-4-12)15-9-19-14(8-16(20)21)10-22-17(19)18-15/h3-6,9-11H,7-8H2,1-2H3,(H,20,21). The van der Waals surface area contributed by atoms with E-state index in [0.29, 0.717) is 5.92 Å². The van der Waals surface area contributed by atoms with Crippen molar-refractivity contribution in [3.8, 4) is 11.3 Å². The molecule has 4 nitrogen and oxygen atoms in total. The van der Waals surface area contributed by atoms with Crippen LogP contribution in [0.5, 0.6) is 0 Å². The van der Waals surface area contributed by atoms with E-state index < -0.39 is 5.97 Å². The van der Waals surface area contributed by atoms with Crippen LogP contribution in [0.25, 0.3) is 16.2 Å². The second-order valence-electron chi connectivity index (χ2n) is 5.87. The first kappa shape index (κ1) is 14.8. The van der Waals surface area contributed by atoms with E-state index in [1.807, 2.05) is 16.0 Å². The van der Waals surface area contributed by atoms with Crippen molar-refractivity contribution in [1.29, 1.82) is 0 Å². The lowest BCUT2D eigenvalue weighted by molar-refractivity contribution is -0.136. The molecule has 0 amide bonds. The molecule has 0 saturated heterocycles. The van der Waals surface area contributed by atoms with Gasteiger partial charge >= 0.3 is 5.97 Å². The highest BCUT2D eigenvalue weighted by atomic mass is 32.1. The molecular weight excluding hydrogens is 296 g/mol. The van der Waals surface area contributed by atoms with Crippen molar-refractivity contribution in [3.05, 3.63) is 47.1 Å². The molecule has 114 valence electrons. The number of imidazole rings is 1. The van der Waals surface area contributed by atoms with Crippen molar-refractivity contribution in [2.75, 3.05) is 0 Å². The highest BCUT2D eigenvalue weighted by Gasteiger charge is 2.11. The van der Waals surface area contributed by atoms with Gasteiger partial charge in [-0.15, -0.1) is 11.3 Å². The summed E-state index contributed by atoms with van der Waals surface area (Å²) < 4.78 is 1.87. The molecule has 2 heterocycles. The second kappa shape index (κ2) is 5.93. The van der Waals surface area contributed by atoms with Gasteiger partial charge in [0.25, 0.3) is 0 Å². The lowest BCUT2D eigenvalue weighted by Crippen LogP contribution is -2.02. The predicted molar refractivity (Wildman–Crippen MR) is 88.4 cm³/mol. The molecule has 5 heteroatoms. The Morgan fingerprint density at radius 3 is 2.68 bits per heavy atom. The van der Waals surface area contributed by atoms with E-state index in [1.165, 1.54) is 16.9 Å². The molecule has 1 aromatic carbocycles. The van der Waals surface area contributed by atoms with E-state index in [4.69, 9.17) is 5.11 Å². The van der Waals surface area contributed by atoms with E-state index in [-0.39, 0.29) is 6.42 Å². The highest BCUT2D eigenvalue weighted by molar-refractivity contribution is 7.15. The summed E-state index contributed by atoms with van der Waals surface area (Å²) in [7, 11) is 0. The monoisotopic (exact) mass is 314 g/mol. The Bertz CT molecular complexity index is 800. The SMILES string of the molecule is CC(C)Cc1ccc(-c2cn3c(CC(=O)O)csc3n2)cc1. The van der Waals surface area contributed by atoms with E-state index >= 15 is 0 Å². The van der Waals surface area contributed by atoms with E-state index in [0.717, 1.165) is 28.3 Å². The minimum atomic E-state index is -0.826. The largest absolute Gasteiger partial charge is 0.481 e. The number of benzene rings is 1. The van der Waals surface area contributed by atoms with Crippen LogP contribution in [-0.4, -0.2) is 20.5 Å². The Kier molecular flexibility index (Phi) is 3.98. The van der Waals surface area contributed by atoms with E-state index in [9.17, 15) is 4.79 Å². The van der Waals surface area contributed by atoms with E-state index in [1.54, 1.807) is 0 Å². The van der Waals surface area contributed by atoms with Gasteiger partial charge in [-0.1, -0.05) is 38.1 Å². The van der Waals surface area contributed by atoms with Crippen molar-refractivity contribution in [1.82, 2.24) is 9.38 Å². The van der Waals surface area contributed by atoms with Crippen LogP contribution in [0.2, 0.25) is 0 Å². The Morgan fingerprint density at radius 1 is 1.32 bits per heavy atom. The number of thiazole rings is 1. The molecule has 3 rings (SSSR count). The zero-order valence-electron chi connectivity index (χ0n) is 12.6. The summed E-state index contributed by atoms with van der Waals surface area (Å²) in [6.45, 7) is 4.42. The molecule has 2 aromatic heterocycles. The number of carboxylic acids is 1. The average Bonchev–Trinajstić information content (AvgIpc) is 3.01. The fourth-order valence-corrected chi connectivity index (χ4v) is 3.41. The van der Waals surface area contributed by atoms with Crippen molar-refractivity contribution in [2.45, 2.75) is 26.7 Å². The maximum atomic E-state index is 10.9. The predicted octanol–water partition coefficient (Wildman–Crippen LogP) is 3.89. The Balaban J connectivity index is 1.90. The van der Waals surface area contributed by atoms with Gasteiger partial charge < -0.3 is 5.11 Å². The van der Waals surface area contributed by atoms with Gasteiger partial charge in [-0.2, -0.15) is 0 Å². The molecule has 0 spiro atoms. The number of aliphatic carboxylic acids is 1. The average molecular weight is 314 g/mol. The summed E-state index contributed by atoms with van der Waals surface area (Å²) >= 11 is 1.47. The Labute approximate surface area is 133 Å². The molecule has 3 aromatic rings. The molecule has 0 aliphatic carbocycles. The number of aromatic nitrogens is 2. The molecule has 0 radical (unpaired) electrons. The zero-order chi connectivity index (χ0) is 15.7. The van der Waals surface area contributed by atoms with Gasteiger partial charge in [0, 0.05) is 22.8 Å². The van der Waals surface area contributed by atoms with Crippen molar-refractivity contribution in [3.63, 3.8) is 0 Å². The minimum Gasteiger partial charge on any atom is -0.481 e. The third-order valence-electron chi connectivity index (χ3n) is 3.51. The fourth-order valence-electron chi connectivity index (χ4n) is 2.53. The van der Waals surface area contributed by atoms with Crippen molar-refractivity contribution >= 4 is 22.3 Å². The summed E-state index contributed by atoms with van der Waals surface area (Å²) in [5.41, 5.74) is 4.04. The smallest absolute Gasteiger partial charge is 0.309 e. The van der Waals surface area contributed by atoms with Gasteiger partial charge in [0.15, 0.2) is 4.96 Å². The Morgan fingerprint density at radius 2 is 2.05 bits per heavy atom. The molecule has 0 bridgehead atoms. The second-order valence-corrected chi connectivity index (χ2v) is 6.71. The summed E-state index contributed by atoms with van der Waals surface area (Å²) in [6, 6.07) is 8.45. The van der Waals surface area contributed by atoms with Crippen LogP contribution >= 0.6 is 11.3 Å². The number of carbonyl (C=O) groups is 1. The van der Waals surface area contributed by atoms with Crippen LogP contribution in [0, 0.1) is 5.92 Å². The summed E-state index contributed by atoms with van der Waals surface area (Å²) in [6.07, 6.45) is 3.01. The van der Waals surface area contributed by atoms with Crippen LogP contribution in [-0.2, 0) is 17.6 Å². The fraction of sp³-hybridized carbons (Fsp3) is 0.294.